The van der Waals surface area contributed by atoms with E-state index in [0.717, 1.165) is 0 Å². The van der Waals surface area contributed by atoms with Gasteiger partial charge in [0.2, 0.25) is 11.8 Å². The Morgan fingerprint density at radius 1 is 1.56 bits per heavy atom. The Kier molecular flexibility index (Phi) is 3.11. The normalized spacial score (nSPS) is 23.4. The molecule has 90 valence electrons. The van der Waals surface area contributed by atoms with Crippen LogP contribution in [-0.4, -0.2) is 27.2 Å². The van der Waals surface area contributed by atoms with Crippen molar-refractivity contribution >= 4 is 29.0 Å². The summed E-state index contributed by atoms with van der Waals surface area (Å²) >= 11 is 4.98. The van der Waals surface area contributed by atoms with Crippen molar-refractivity contribution in [1.82, 2.24) is 4.90 Å². The first-order chi connectivity index (χ1) is 7.16. The molecule has 4 nitrogen and oxygen atoms in total. The van der Waals surface area contributed by atoms with Crippen LogP contribution in [0, 0.1) is 5.41 Å². The molecule has 0 spiro atoms. The summed E-state index contributed by atoms with van der Waals surface area (Å²) in [5, 5.41) is 0. The number of likely N-dealkylation sites (tertiary alicyclic amines) is 1. The molecule has 1 fully saturated rings. The number of hydrogen-bond acceptors (Lipinski definition) is 3. The van der Waals surface area contributed by atoms with Gasteiger partial charge in [-0.1, -0.05) is 33.0 Å². The van der Waals surface area contributed by atoms with Crippen molar-refractivity contribution in [2.75, 3.05) is 0 Å². The third-order valence-electron chi connectivity index (χ3n) is 3.34. The quantitative estimate of drug-likeness (QED) is 0.597. The molecule has 0 aromatic rings. The molecular weight excluding hydrogens is 224 g/mol. The molecule has 5 heteroatoms. The summed E-state index contributed by atoms with van der Waals surface area (Å²) in [5.74, 6) is -0.373. The van der Waals surface area contributed by atoms with Gasteiger partial charge in [0.25, 0.3) is 0 Å². The van der Waals surface area contributed by atoms with Crippen LogP contribution in [0.15, 0.2) is 0 Å². The van der Waals surface area contributed by atoms with E-state index in [0.29, 0.717) is 6.42 Å². The van der Waals surface area contributed by atoms with Gasteiger partial charge in [0.05, 0.1) is 15.9 Å². The van der Waals surface area contributed by atoms with Gasteiger partial charge in [0, 0.05) is 6.42 Å². The molecule has 1 unspecified atom stereocenters. The van der Waals surface area contributed by atoms with Gasteiger partial charge in [-0.25, -0.2) is 0 Å². The van der Waals surface area contributed by atoms with Gasteiger partial charge in [-0.2, -0.15) is 0 Å². The van der Waals surface area contributed by atoms with Gasteiger partial charge in [-0.15, -0.1) is 0 Å². The molecule has 0 aromatic carbocycles. The Morgan fingerprint density at radius 2 is 2.06 bits per heavy atom. The Bertz CT molecular complexity index is 365. The Balaban J connectivity index is 3.19. The maximum Gasteiger partial charge on any atom is 0.236 e. The first-order valence-corrected chi connectivity index (χ1v) is 5.75. The number of carbonyl (C=O) groups excluding carboxylic acids is 2. The largest absolute Gasteiger partial charge is 0.391 e. The molecule has 1 heterocycles. The van der Waals surface area contributed by atoms with Crippen molar-refractivity contribution in [2.24, 2.45) is 11.1 Å². The number of amides is 2. The molecule has 1 aliphatic rings. The Labute approximate surface area is 101 Å². The minimum absolute atomic E-state index is 0.186. The van der Waals surface area contributed by atoms with Crippen molar-refractivity contribution < 1.29 is 9.59 Å². The highest BCUT2D eigenvalue weighted by Gasteiger charge is 2.52. The molecule has 0 bridgehead atoms. The Hall–Kier alpha value is -0.970. The smallest absolute Gasteiger partial charge is 0.236 e. The van der Waals surface area contributed by atoms with Gasteiger partial charge in [0.15, 0.2) is 0 Å². The summed E-state index contributed by atoms with van der Waals surface area (Å²) < 4.78 is 0. The van der Waals surface area contributed by atoms with E-state index >= 15 is 0 Å². The highest BCUT2D eigenvalue weighted by Crippen LogP contribution is 2.37. The predicted octanol–water partition coefficient (Wildman–Crippen LogP) is 1.23. The molecule has 1 rings (SSSR count). The van der Waals surface area contributed by atoms with E-state index < -0.39 is 11.0 Å². The maximum absolute atomic E-state index is 12.1. The summed E-state index contributed by atoms with van der Waals surface area (Å²) in [6.45, 7) is 7.14. The second kappa shape index (κ2) is 3.80. The highest BCUT2D eigenvalue weighted by molar-refractivity contribution is 7.80. The van der Waals surface area contributed by atoms with Crippen molar-refractivity contribution in [3.63, 3.8) is 0 Å². The van der Waals surface area contributed by atoms with Crippen LogP contribution in [-0.2, 0) is 9.59 Å². The number of nitrogens with zero attached hydrogens (tertiary/aromatic N) is 1. The standard InChI is InChI=1S/C11H18N2O2S/c1-5-11(4,8(12)16)13-7(14)6-10(2,3)9(13)15/h5-6H2,1-4H3,(H2,12,16). The average Bonchev–Trinajstić information content (AvgIpc) is 2.35. The summed E-state index contributed by atoms with van der Waals surface area (Å²) in [6, 6.07) is 0. The number of hydrogen-bond donors (Lipinski definition) is 1. The zero-order chi connectivity index (χ0) is 12.7. The molecule has 1 atom stereocenters. The van der Waals surface area contributed by atoms with Crippen LogP contribution in [0.3, 0.4) is 0 Å². The molecule has 2 N–H and O–H groups in total. The fourth-order valence-corrected chi connectivity index (χ4v) is 2.13. The van der Waals surface area contributed by atoms with Crippen molar-refractivity contribution in [3.8, 4) is 0 Å². The van der Waals surface area contributed by atoms with E-state index in [1.165, 1.54) is 4.90 Å². The monoisotopic (exact) mass is 242 g/mol. The zero-order valence-electron chi connectivity index (χ0n) is 10.2. The molecule has 0 saturated carbocycles. The lowest BCUT2D eigenvalue weighted by molar-refractivity contribution is -0.145. The van der Waals surface area contributed by atoms with E-state index in [1.807, 2.05) is 6.92 Å². The van der Waals surface area contributed by atoms with E-state index in [9.17, 15) is 9.59 Å². The average molecular weight is 242 g/mol. The van der Waals surface area contributed by atoms with Crippen LogP contribution in [0.5, 0.6) is 0 Å². The van der Waals surface area contributed by atoms with Crippen molar-refractivity contribution in [3.05, 3.63) is 0 Å². The molecule has 16 heavy (non-hydrogen) atoms. The second-order valence-corrected chi connectivity index (χ2v) is 5.53. The number of carbonyl (C=O) groups is 2. The van der Waals surface area contributed by atoms with Crippen LogP contribution in [0.2, 0.25) is 0 Å². The molecule has 1 aliphatic heterocycles. The predicted molar refractivity (Wildman–Crippen MR) is 65.7 cm³/mol. The first-order valence-electron chi connectivity index (χ1n) is 5.34. The maximum atomic E-state index is 12.1. The van der Waals surface area contributed by atoms with E-state index in [1.54, 1.807) is 20.8 Å². The summed E-state index contributed by atoms with van der Waals surface area (Å²) in [7, 11) is 0. The van der Waals surface area contributed by atoms with Crippen molar-refractivity contribution in [1.29, 1.82) is 0 Å². The minimum atomic E-state index is -0.836. The van der Waals surface area contributed by atoms with E-state index in [-0.39, 0.29) is 23.2 Å². The fraction of sp³-hybridized carbons (Fsp3) is 0.727. The van der Waals surface area contributed by atoms with Crippen LogP contribution in [0.1, 0.15) is 40.5 Å². The summed E-state index contributed by atoms with van der Waals surface area (Å²) in [5.41, 5.74) is 4.18. The lowest BCUT2D eigenvalue weighted by Crippen LogP contribution is -2.57. The van der Waals surface area contributed by atoms with E-state index in [2.05, 4.69) is 0 Å². The van der Waals surface area contributed by atoms with Gasteiger partial charge in [-0.3, -0.25) is 14.5 Å². The molecule has 1 saturated heterocycles. The summed E-state index contributed by atoms with van der Waals surface area (Å²) in [6.07, 6.45) is 0.764. The van der Waals surface area contributed by atoms with Crippen molar-refractivity contribution in [2.45, 2.75) is 46.1 Å². The summed E-state index contributed by atoms with van der Waals surface area (Å²) in [4.78, 5) is 25.5. The number of imide groups is 1. The molecule has 2 amide bonds. The minimum Gasteiger partial charge on any atom is -0.391 e. The SMILES string of the molecule is CCC(C)(C(N)=S)N1C(=O)CC(C)(C)C1=O. The number of rotatable bonds is 3. The van der Waals surface area contributed by atoms with Crippen LogP contribution in [0.4, 0.5) is 0 Å². The third-order valence-corrected chi connectivity index (χ3v) is 3.78. The second-order valence-electron chi connectivity index (χ2n) is 5.09. The lowest BCUT2D eigenvalue weighted by Gasteiger charge is -2.36. The topological polar surface area (TPSA) is 63.4 Å². The molecular formula is C11H18N2O2S. The van der Waals surface area contributed by atoms with Gasteiger partial charge in [-0.05, 0) is 13.3 Å². The van der Waals surface area contributed by atoms with Gasteiger partial charge < -0.3 is 5.73 Å². The zero-order valence-corrected chi connectivity index (χ0v) is 11.0. The van der Waals surface area contributed by atoms with Crippen LogP contribution >= 0.6 is 12.2 Å². The molecule has 0 aliphatic carbocycles. The fourth-order valence-electron chi connectivity index (χ4n) is 1.89. The lowest BCUT2D eigenvalue weighted by atomic mass is 9.91. The van der Waals surface area contributed by atoms with Crippen LogP contribution < -0.4 is 5.73 Å². The van der Waals surface area contributed by atoms with Crippen LogP contribution in [0.25, 0.3) is 0 Å². The first kappa shape index (κ1) is 13.1. The Morgan fingerprint density at radius 3 is 2.31 bits per heavy atom. The molecule has 0 radical (unpaired) electrons. The van der Waals surface area contributed by atoms with E-state index in [4.69, 9.17) is 18.0 Å². The highest BCUT2D eigenvalue weighted by atomic mass is 32.1. The molecule has 0 aromatic heterocycles. The van der Waals surface area contributed by atoms with Gasteiger partial charge >= 0.3 is 0 Å². The third kappa shape index (κ3) is 1.73. The van der Waals surface area contributed by atoms with Gasteiger partial charge in [0.1, 0.15) is 0 Å². The number of nitrogens with two attached hydrogens (primary N) is 1. The number of thiocarbonyl (C=S) groups is 1.